The lowest BCUT2D eigenvalue weighted by Crippen LogP contribution is -2.17. The van der Waals surface area contributed by atoms with E-state index in [2.05, 4.69) is 25.7 Å². The number of aromatic nitrogens is 6. The van der Waals surface area contributed by atoms with Crippen molar-refractivity contribution in [1.29, 1.82) is 5.41 Å². The smallest absolute Gasteiger partial charge is 0.215 e. The SMILES string of the molecule is Cc1nnc(Sc2nnnn2C2CC2)c(C(=N)N)c1C. The van der Waals surface area contributed by atoms with E-state index in [4.69, 9.17) is 11.1 Å². The Kier molecular flexibility index (Phi) is 3.13. The van der Waals surface area contributed by atoms with Crippen molar-refractivity contribution in [3.05, 3.63) is 16.8 Å². The molecule has 9 heteroatoms. The number of hydrogen-bond donors (Lipinski definition) is 2. The molecule has 104 valence electrons. The summed E-state index contributed by atoms with van der Waals surface area (Å²) in [6.45, 7) is 3.73. The molecule has 0 aliphatic heterocycles. The summed E-state index contributed by atoms with van der Waals surface area (Å²) >= 11 is 1.30. The molecule has 2 aromatic heterocycles. The van der Waals surface area contributed by atoms with Crippen LogP contribution >= 0.6 is 11.8 Å². The summed E-state index contributed by atoms with van der Waals surface area (Å²) in [6.07, 6.45) is 2.19. The average Bonchev–Trinajstić information content (AvgIpc) is 3.14. The van der Waals surface area contributed by atoms with E-state index >= 15 is 0 Å². The van der Waals surface area contributed by atoms with Crippen molar-refractivity contribution in [2.75, 3.05) is 0 Å². The summed E-state index contributed by atoms with van der Waals surface area (Å²) in [5.41, 5.74) is 7.90. The molecular formula is C11H14N8S. The van der Waals surface area contributed by atoms with Gasteiger partial charge >= 0.3 is 0 Å². The summed E-state index contributed by atoms with van der Waals surface area (Å²) in [7, 11) is 0. The molecule has 0 amide bonds. The third-order valence-corrected chi connectivity index (χ3v) is 4.17. The van der Waals surface area contributed by atoms with Crippen molar-refractivity contribution >= 4 is 17.6 Å². The van der Waals surface area contributed by atoms with E-state index in [0.717, 1.165) is 24.1 Å². The van der Waals surface area contributed by atoms with E-state index in [1.165, 1.54) is 11.8 Å². The Balaban J connectivity index is 2.00. The number of nitrogens with two attached hydrogens (primary N) is 1. The summed E-state index contributed by atoms with van der Waals surface area (Å²) < 4.78 is 1.80. The highest BCUT2D eigenvalue weighted by molar-refractivity contribution is 7.99. The van der Waals surface area contributed by atoms with Gasteiger partial charge in [-0.2, -0.15) is 5.10 Å². The number of tetrazole rings is 1. The lowest BCUT2D eigenvalue weighted by Gasteiger charge is -2.10. The van der Waals surface area contributed by atoms with E-state index in [0.29, 0.717) is 21.8 Å². The van der Waals surface area contributed by atoms with Gasteiger partial charge in [-0.15, -0.1) is 10.2 Å². The highest BCUT2D eigenvalue weighted by atomic mass is 32.2. The molecule has 0 bridgehead atoms. The van der Waals surface area contributed by atoms with Gasteiger partial charge < -0.3 is 5.73 Å². The molecule has 1 aliphatic carbocycles. The average molecular weight is 290 g/mol. The maximum absolute atomic E-state index is 7.73. The number of nitrogens with one attached hydrogen (secondary N) is 1. The van der Waals surface area contributed by atoms with Crippen LogP contribution in [-0.4, -0.2) is 36.2 Å². The number of nitrogen functional groups attached to an aromatic ring is 1. The van der Waals surface area contributed by atoms with E-state index in [1.807, 2.05) is 13.8 Å². The van der Waals surface area contributed by atoms with Gasteiger partial charge in [-0.25, -0.2) is 4.68 Å². The lowest BCUT2D eigenvalue weighted by molar-refractivity contribution is 0.565. The fraction of sp³-hybridized carbons (Fsp3) is 0.455. The summed E-state index contributed by atoms with van der Waals surface area (Å²) in [4.78, 5) is 0. The Morgan fingerprint density at radius 2 is 2.05 bits per heavy atom. The Morgan fingerprint density at radius 1 is 1.30 bits per heavy atom. The Morgan fingerprint density at radius 3 is 2.70 bits per heavy atom. The van der Waals surface area contributed by atoms with Crippen molar-refractivity contribution in [3.63, 3.8) is 0 Å². The van der Waals surface area contributed by atoms with Crippen LogP contribution in [0.2, 0.25) is 0 Å². The fourth-order valence-corrected chi connectivity index (χ4v) is 2.84. The van der Waals surface area contributed by atoms with Crippen LogP contribution in [0.1, 0.15) is 35.7 Å². The van der Waals surface area contributed by atoms with Crippen LogP contribution in [0.5, 0.6) is 0 Å². The quantitative estimate of drug-likeness (QED) is 0.632. The van der Waals surface area contributed by atoms with Crippen molar-refractivity contribution in [2.45, 2.75) is 42.9 Å². The number of rotatable bonds is 4. The van der Waals surface area contributed by atoms with Gasteiger partial charge in [0.15, 0.2) is 0 Å². The minimum absolute atomic E-state index is 0.0200. The first-order valence-corrected chi connectivity index (χ1v) is 7.03. The Labute approximate surface area is 119 Å². The van der Waals surface area contributed by atoms with Gasteiger partial charge in [-0.05, 0) is 54.4 Å². The molecule has 0 saturated heterocycles. The molecule has 1 aliphatic rings. The van der Waals surface area contributed by atoms with E-state index in [9.17, 15) is 0 Å². The maximum Gasteiger partial charge on any atom is 0.215 e. The molecule has 0 radical (unpaired) electrons. The molecule has 3 rings (SSSR count). The monoisotopic (exact) mass is 290 g/mol. The van der Waals surface area contributed by atoms with Gasteiger partial charge in [0.2, 0.25) is 5.16 Å². The van der Waals surface area contributed by atoms with E-state index < -0.39 is 0 Å². The number of aryl methyl sites for hydroxylation is 1. The molecule has 0 atom stereocenters. The molecular weight excluding hydrogens is 276 g/mol. The molecule has 2 heterocycles. The Hall–Kier alpha value is -2.03. The van der Waals surface area contributed by atoms with Crippen molar-refractivity contribution in [1.82, 2.24) is 30.4 Å². The van der Waals surface area contributed by atoms with Crippen LogP contribution in [0.4, 0.5) is 0 Å². The maximum atomic E-state index is 7.73. The second-order valence-corrected chi connectivity index (χ2v) is 5.70. The topological polar surface area (TPSA) is 119 Å². The van der Waals surface area contributed by atoms with Crippen LogP contribution in [0, 0.1) is 19.3 Å². The van der Waals surface area contributed by atoms with Gasteiger partial charge in [0, 0.05) is 0 Å². The zero-order chi connectivity index (χ0) is 14.3. The van der Waals surface area contributed by atoms with Crippen LogP contribution in [0.3, 0.4) is 0 Å². The zero-order valence-electron chi connectivity index (χ0n) is 11.2. The summed E-state index contributed by atoms with van der Waals surface area (Å²) in [5.74, 6) is -0.0200. The number of amidine groups is 1. The molecule has 3 N–H and O–H groups in total. The van der Waals surface area contributed by atoms with Gasteiger partial charge in [0.1, 0.15) is 10.9 Å². The van der Waals surface area contributed by atoms with Crippen molar-refractivity contribution < 1.29 is 0 Å². The minimum Gasteiger partial charge on any atom is -0.384 e. The standard InChI is InChI=1S/C11H14N8S/c1-5-6(2)14-15-10(8(5)9(12)13)20-11-16-17-18-19(11)7-3-4-7/h7H,3-4H2,1-2H3,(H3,12,13). The second kappa shape index (κ2) is 4.82. The lowest BCUT2D eigenvalue weighted by atomic mass is 10.1. The predicted molar refractivity (Wildman–Crippen MR) is 72.7 cm³/mol. The van der Waals surface area contributed by atoms with E-state index in [1.54, 1.807) is 4.68 Å². The summed E-state index contributed by atoms with van der Waals surface area (Å²) in [6, 6.07) is 0.382. The normalized spacial score (nSPS) is 14.5. The first-order valence-electron chi connectivity index (χ1n) is 6.22. The van der Waals surface area contributed by atoms with Gasteiger partial charge in [0.05, 0.1) is 17.3 Å². The third kappa shape index (κ3) is 2.24. The van der Waals surface area contributed by atoms with Gasteiger partial charge in [-0.1, -0.05) is 0 Å². The molecule has 8 nitrogen and oxygen atoms in total. The van der Waals surface area contributed by atoms with Crippen LogP contribution < -0.4 is 5.73 Å². The molecule has 0 aromatic carbocycles. The number of nitrogens with zero attached hydrogens (tertiary/aromatic N) is 6. The van der Waals surface area contributed by atoms with Crippen molar-refractivity contribution in [3.8, 4) is 0 Å². The molecule has 1 fully saturated rings. The van der Waals surface area contributed by atoms with Gasteiger partial charge in [-0.3, -0.25) is 5.41 Å². The second-order valence-electron chi connectivity index (χ2n) is 4.74. The summed E-state index contributed by atoms with van der Waals surface area (Å²) in [5, 5.41) is 28.9. The highest BCUT2D eigenvalue weighted by Gasteiger charge is 2.29. The molecule has 0 unspecified atom stereocenters. The van der Waals surface area contributed by atoms with Crippen LogP contribution in [0.25, 0.3) is 0 Å². The van der Waals surface area contributed by atoms with Crippen LogP contribution in [-0.2, 0) is 0 Å². The molecule has 2 aromatic rings. The first-order chi connectivity index (χ1) is 9.58. The first kappa shape index (κ1) is 13.0. The Bertz CT molecular complexity index is 675. The predicted octanol–water partition coefficient (Wildman–Crippen LogP) is 0.850. The third-order valence-electron chi connectivity index (χ3n) is 3.24. The largest absolute Gasteiger partial charge is 0.384 e. The van der Waals surface area contributed by atoms with Crippen molar-refractivity contribution in [2.24, 2.45) is 5.73 Å². The van der Waals surface area contributed by atoms with Crippen LogP contribution in [0.15, 0.2) is 10.2 Å². The number of hydrogen-bond acceptors (Lipinski definition) is 7. The molecule has 20 heavy (non-hydrogen) atoms. The minimum atomic E-state index is -0.0200. The molecule has 0 spiro atoms. The van der Waals surface area contributed by atoms with Gasteiger partial charge in [0.25, 0.3) is 0 Å². The zero-order valence-corrected chi connectivity index (χ0v) is 12.0. The fourth-order valence-electron chi connectivity index (χ4n) is 1.86. The highest BCUT2D eigenvalue weighted by Crippen LogP contribution is 2.38. The van der Waals surface area contributed by atoms with E-state index in [-0.39, 0.29) is 5.84 Å². The molecule has 1 saturated carbocycles.